The van der Waals surface area contributed by atoms with Crippen molar-refractivity contribution in [1.82, 2.24) is 4.98 Å². The monoisotopic (exact) mass is 348 g/mol. The van der Waals surface area contributed by atoms with Crippen molar-refractivity contribution in [2.75, 3.05) is 7.11 Å². The van der Waals surface area contributed by atoms with E-state index in [1.54, 1.807) is 7.11 Å². The molecular formula is C17H21BrN2O. The van der Waals surface area contributed by atoms with E-state index < -0.39 is 0 Å². The van der Waals surface area contributed by atoms with Gasteiger partial charge in [-0.1, -0.05) is 22.0 Å². The van der Waals surface area contributed by atoms with Crippen LogP contribution in [-0.2, 0) is 6.42 Å². The summed E-state index contributed by atoms with van der Waals surface area (Å²) in [6, 6.07) is 6.12. The second-order valence-corrected chi connectivity index (χ2v) is 6.27. The van der Waals surface area contributed by atoms with Gasteiger partial charge in [0.15, 0.2) is 0 Å². The van der Waals surface area contributed by atoms with Crippen LogP contribution in [0.25, 0.3) is 0 Å². The molecule has 2 rings (SSSR count). The molecule has 1 atom stereocenters. The van der Waals surface area contributed by atoms with Crippen molar-refractivity contribution in [1.29, 1.82) is 0 Å². The Hall–Kier alpha value is -1.39. The maximum atomic E-state index is 6.38. The largest absolute Gasteiger partial charge is 0.496 e. The second kappa shape index (κ2) is 6.58. The van der Waals surface area contributed by atoms with Crippen molar-refractivity contribution >= 4 is 15.9 Å². The molecule has 2 aromatic rings. The highest BCUT2D eigenvalue weighted by Crippen LogP contribution is 2.28. The molecule has 0 radical (unpaired) electrons. The fourth-order valence-electron chi connectivity index (χ4n) is 2.65. The van der Waals surface area contributed by atoms with Crippen molar-refractivity contribution in [3.8, 4) is 5.75 Å². The van der Waals surface area contributed by atoms with Crippen LogP contribution in [0.4, 0.5) is 0 Å². The van der Waals surface area contributed by atoms with E-state index in [1.807, 2.05) is 26.1 Å². The zero-order valence-corrected chi connectivity index (χ0v) is 14.5. The Morgan fingerprint density at radius 2 is 1.95 bits per heavy atom. The number of benzene rings is 1. The Labute approximate surface area is 134 Å². The van der Waals surface area contributed by atoms with E-state index >= 15 is 0 Å². The second-order valence-electron chi connectivity index (χ2n) is 5.36. The molecule has 0 amide bonds. The van der Waals surface area contributed by atoms with E-state index in [0.717, 1.165) is 32.6 Å². The molecule has 4 heteroatoms. The lowest BCUT2D eigenvalue weighted by Crippen LogP contribution is -2.16. The van der Waals surface area contributed by atoms with Gasteiger partial charge < -0.3 is 10.5 Å². The molecule has 0 saturated carbocycles. The van der Waals surface area contributed by atoms with E-state index in [-0.39, 0.29) is 6.04 Å². The molecule has 1 unspecified atom stereocenters. The lowest BCUT2D eigenvalue weighted by molar-refractivity contribution is 0.406. The molecule has 0 saturated heterocycles. The van der Waals surface area contributed by atoms with Gasteiger partial charge in [0, 0.05) is 40.0 Å². The van der Waals surface area contributed by atoms with Crippen molar-refractivity contribution < 1.29 is 4.74 Å². The third-order valence-electron chi connectivity index (χ3n) is 3.79. The van der Waals surface area contributed by atoms with Crippen LogP contribution in [0.15, 0.2) is 28.9 Å². The first kappa shape index (κ1) is 16.0. The zero-order chi connectivity index (χ0) is 15.6. The number of aromatic nitrogens is 1. The van der Waals surface area contributed by atoms with E-state index in [9.17, 15) is 0 Å². The Morgan fingerprint density at radius 1 is 1.24 bits per heavy atom. The summed E-state index contributed by atoms with van der Waals surface area (Å²) >= 11 is 3.48. The van der Waals surface area contributed by atoms with Gasteiger partial charge in [-0.3, -0.25) is 4.98 Å². The van der Waals surface area contributed by atoms with Crippen LogP contribution < -0.4 is 10.5 Å². The molecule has 0 aliphatic rings. The highest BCUT2D eigenvalue weighted by atomic mass is 79.9. The number of hydrogen-bond donors (Lipinski definition) is 1. The SMILES string of the molecule is COc1c(C)cnc(CC(N)c2ccc(Br)cc2C)c1C. The van der Waals surface area contributed by atoms with Crippen LogP contribution in [0.5, 0.6) is 5.75 Å². The lowest BCUT2D eigenvalue weighted by Gasteiger charge is -2.17. The molecule has 1 aromatic carbocycles. The summed E-state index contributed by atoms with van der Waals surface area (Å²) in [4.78, 5) is 4.53. The molecule has 1 heterocycles. The summed E-state index contributed by atoms with van der Waals surface area (Å²) in [7, 11) is 1.69. The maximum absolute atomic E-state index is 6.38. The van der Waals surface area contributed by atoms with Gasteiger partial charge >= 0.3 is 0 Å². The quantitative estimate of drug-likeness (QED) is 0.907. The summed E-state index contributed by atoms with van der Waals surface area (Å²) in [6.45, 7) is 6.12. The molecule has 21 heavy (non-hydrogen) atoms. The molecule has 0 aliphatic carbocycles. The van der Waals surface area contributed by atoms with Crippen LogP contribution in [0.2, 0.25) is 0 Å². The third-order valence-corrected chi connectivity index (χ3v) is 4.29. The molecule has 3 nitrogen and oxygen atoms in total. The predicted octanol–water partition coefficient (Wildman–Crippen LogP) is 4.02. The van der Waals surface area contributed by atoms with Gasteiger partial charge in [-0.15, -0.1) is 0 Å². The summed E-state index contributed by atoms with van der Waals surface area (Å²) in [6.07, 6.45) is 2.55. The molecule has 0 bridgehead atoms. The number of halogens is 1. The van der Waals surface area contributed by atoms with Gasteiger partial charge in [0.25, 0.3) is 0 Å². The third kappa shape index (κ3) is 3.44. The summed E-state index contributed by atoms with van der Waals surface area (Å²) in [5.41, 5.74) is 11.8. The van der Waals surface area contributed by atoms with E-state index in [0.29, 0.717) is 6.42 Å². The first-order chi connectivity index (χ1) is 9.93. The van der Waals surface area contributed by atoms with Gasteiger partial charge in [-0.25, -0.2) is 0 Å². The average Bonchev–Trinajstić information content (AvgIpc) is 2.42. The van der Waals surface area contributed by atoms with Gasteiger partial charge in [0.1, 0.15) is 5.75 Å². The number of aryl methyl sites for hydroxylation is 2. The van der Waals surface area contributed by atoms with Crippen molar-refractivity contribution in [2.24, 2.45) is 5.73 Å². The van der Waals surface area contributed by atoms with Crippen molar-refractivity contribution in [3.63, 3.8) is 0 Å². The first-order valence-corrected chi connectivity index (χ1v) is 7.74. The fraction of sp³-hybridized carbons (Fsp3) is 0.353. The molecule has 1 aromatic heterocycles. The number of rotatable bonds is 4. The van der Waals surface area contributed by atoms with Crippen LogP contribution in [0, 0.1) is 20.8 Å². The van der Waals surface area contributed by atoms with E-state index in [1.165, 1.54) is 5.56 Å². The van der Waals surface area contributed by atoms with Crippen LogP contribution >= 0.6 is 15.9 Å². The molecule has 0 aliphatic heterocycles. The van der Waals surface area contributed by atoms with Crippen molar-refractivity contribution in [2.45, 2.75) is 33.2 Å². The predicted molar refractivity (Wildman–Crippen MR) is 89.8 cm³/mol. The number of ether oxygens (including phenoxy) is 1. The number of pyridine rings is 1. The van der Waals surface area contributed by atoms with E-state index in [2.05, 4.69) is 40.0 Å². The molecule has 2 N–H and O–H groups in total. The smallest absolute Gasteiger partial charge is 0.128 e. The normalized spacial score (nSPS) is 12.3. The molecule has 0 spiro atoms. The van der Waals surface area contributed by atoms with Crippen LogP contribution in [0.1, 0.15) is 34.0 Å². The Kier molecular flexibility index (Phi) is 5.01. The molecule has 112 valence electrons. The Bertz CT molecular complexity index is 655. The Morgan fingerprint density at radius 3 is 2.57 bits per heavy atom. The highest BCUT2D eigenvalue weighted by molar-refractivity contribution is 9.10. The first-order valence-electron chi connectivity index (χ1n) is 6.94. The minimum Gasteiger partial charge on any atom is -0.496 e. The van der Waals surface area contributed by atoms with Crippen molar-refractivity contribution in [3.05, 3.63) is 56.8 Å². The summed E-state index contributed by atoms with van der Waals surface area (Å²) in [5, 5.41) is 0. The van der Waals surface area contributed by atoms with Gasteiger partial charge in [-0.2, -0.15) is 0 Å². The lowest BCUT2D eigenvalue weighted by atomic mass is 9.96. The Balaban J connectivity index is 2.29. The average molecular weight is 349 g/mol. The summed E-state index contributed by atoms with van der Waals surface area (Å²) < 4.78 is 6.53. The number of nitrogens with two attached hydrogens (primary N) is 1. The maximum Gasteiger partial charge on any atom is 0.128 e. The minimum atomic E-state index is -0.0725. The zero-order valence-electron chi connectivity index (χ0n) is 12.9. The minimum absolute atomic E-state index is 0.0725. The standard InChI is InChI=1S/C17H21BrN2O/c1-10-7-13(18)5-6-14(10)15(19)8-16-12(3)17(21-4)11(2)9-20-16/h5-7,9,15H,8,19H2,1-4H3. The van der Waals surface area contributed by atoms with Gasteiger partial charge in [0.05, 0.1) is 7.11 Å². The summed E-state index contributed by atoms with van der Waals surface area (Å²) in [5.74, 6) is 0.903. The highest BCUT2D eigenvalue weighted by Gasteiger charge is 2.15. The molecular weight excluding hydrogens is 328 g/mol. The number of methoxy groups -OCH3 is 1. The van der Waals surface area contributed by atoms with Gasteiger partial charge in [-0.05, 0) is 44.0 Å². The fourth-order valence-corrected chi connectivity index (χ4v) is 3.13. The number of hydrogen-bond acceptors (Lipinski definition) is 3. The van der Waals surface area contributed by atoms with Crippen LogP contribution in [0.3, 0.4) is 0 Å². The topological polar surface area (TPSA) is 48.1 Å². The molecule has 0 fully saturated rings. The van der Waals surface area contributed by atoms with Crippen LogP contribution in [-0.4, -0.2) is 12.1 Å². The van der Waals surface area contributed by atoms with E-state index in [4.69, 9.17) is 10.5 Å². The number of nitrogens with zero attached hydrogens (tertiary/aromatic N) is 1. The van der Waals surface area contributed by atoms with Gasteiger partial charge in [0.2, 0.25) is 0 Å².